The van der Waals surface area contributed by atoms with Crippen LogP contribution in [0, 0.1) is 0 Å². The Balaban J connectivity index is 2.59. The van der Waals surface area contributed by atoms with E-state index in [0.717, 1.165) is 6.54 Å². The average molecular weight is 182 g/mol. The van der Waals surface area contributed by atoms with Crippen molar-refractivity contribution in [2.75, 3.05) is 18.5 Å². The highest BCUT2D eigenvalue weighted by atomic mass is 35.5. The van der Waals surface area contributed by atoms with Crippen molar-refractivity contribution in [3.8, 4) is 0 Å². The topological polar surface area (TPSA) is 3.24 Å². The Kier molecular flexibility index (Phi) is 3.68. The molecule has 64 valence electrons. The number of hydrogen-bond donors (Lipinski definition) is 0. The third kappa shape index (κ3) is 2.59. The molecule has 0 atom stereocenters. The fourth-order valence-electron chi connectivity index (χ4n) is 0.986. The Hall–Kier alpha value is -0.950. The molecule has 0 spiro atoms. The lowest BCUT2D eigenvalue weighted by molar-refractivity contribution is 1.03. The molecular formula is C10H12ClN. The fraction of sp³-hybridized carbons (Fsp3) is 0.200. The van der Waals surface area contributed by atoms with E-state index in [2.05, 4.69) is 17.0 Å². The standard InChI is InChI=1S/C10H12ClN/c1-12(9-5-8-11)10-6-3-2-4-7-10/h2-8H,9H2,1H3/b8-5+. The SMILES string of the molecule is CN(C/C=C/Cl)c1ccccc1. The molecule has 0 aliphatic rings. The summed E-state index contributed by atoms with van der Waals surface area (Å²) in [6.45, 7) is 0.841. The summed E-state index contributed by atoms with van der Waals surface area (Å²) in [5, 5.41) is 0. The number of hydrogen-bond acceptors (Lipinski definition) is 1. The summed E-state index contributed by atoms with van der Waals surface area (Å²) < 4.78 is 0. The zero-order valence-electron chi connectivity index (χ0n) is 7.07. The van der Waals surface area contributed by atoms with Crippen molar-refractivity contribution >= 4 is 17.3 Å². The van der Waals surface area contributed by atoms with Gasteiger partial charge in [-0.2, -0.15) is 0 Å². The second-order valence-electron chi connectivity index (χ2n) is 2.58. The third-order valence-corrected chi connectivity index (χ3v) is 1.84. The normalized spacial score (nSPS) is 10.5. The van der Waals surface area contributed by atoms with Crippen molar-refractivity contribution in [2.24, 2.45) is 0 Å². The number of anilines is 1. The maximum Gasteiger partial charge on any atom is 0.0367 e. The number of benzene rings is 1. The molecule has 0 aliphatic heterocycles. The first-order valence-corrected chi connectivity index (χ1v) is 4.29. The van der Waals surface area contributed by atoms with E-state index in [1.807, 2.05) is 31.3 Å². The van der Waals surface area contributed by atoms with Gasteiger partial charge in [0.25, 0.3) is 0 Å². The molecule has 0 fully saturated rings. The van der Waals surface area contributed by atoms with Gasteiger partial charge in [-0.1, -0.05) is 35.9 Å². The van der Waals surface area contributed by atoms with Crippen LogP contribution in [0.15, 0.2) is 41.9 Å². The Morgan fingerprint density at radius 2 is 2.00 bits per heavy atom. The van der Waals surface area contributed by atoms with Gasteiger partial charge < -0.3 is 4.90 Å². The van der Waals surface area contributed by atoms with E-state index in [1.54, 1.807) is 5.54 Å². The highest BCUT2D eigenvalue weighted by Crippen LogP contribution is 2.10. The molecule has 1 nitrogen and oxygen atoms in total. The highest BCUT2D eigenvalue weighted by Gasteiger charge is 1.94. The summed E-state index contributed by atoms with van der Waals surface area (Å²) in [6.07, 6.45) is 1.91. The minimum absolute atomic E-state index is 0.841. The Morgan fingerprint density at radius 1 is 1.33 bits per heavy atom. The van der Waals surface area contributed by atoms with E-state index in [9.17, 15) is 0 Å². The smallest absolute Gasteiger partial charge is 0.0367 e. The van der Waals surface area contributed by atoms with Crippen molar-refractivity contribution in [3.63, 3.8) is 0 Å². The first-order valence-electron chi connectivity index (χ1n) is 3.86. The predicted octanol–water partition coefficient (Wildman–Crippen LogP) is 2.88. The summed E-state index contributed by atoms with van der Waals surface area (Å²) >= 11 is 5.43. The molecular weight excluding hydrogens is 170 g/mol. The third-order valence-electron chi connectivity index (χ3n) is 1.67. The van der Waals surface area contributed by atoms with Gasteiger partial charge in [0, 0.05) is 24.8 Å². The van der Waals surface area contributed by atoms with Gasteiger partial charge in [-0.25, -0.2) is 0 Å². The average Bonchev–Trinajstić information content (AvgIpc) is 2.15. The molecule has 0 unspecified atom stereocenters. The summed E-state index contributed by atoms with van der Waals surface area (Å²) in [6, 6.07) is 10.2. The summed E-state index contributed by atoms with van der Waals surface area (Å²) in [5.41, 5.74) is 2.74. The summed E-state index contributed by atoms with van der Waals surface area (Å²) in [5.74, 6) is 0. The molecule has 0 radical (unpaired) electrons. The Bertz CT molecular complexity index is 243. The zero-order valence-corrected chi connectivity index (χ0v) is 7.83. The van der Waals surface area contributed by atoms with Crippen LogP contribution in [0.5, 0.6) is 0 Å². The Morgan fingerprint density at radius 3 is 2.58 bits per heavy atom. The van der Waals surface area contributed by atoms with Crippen molar-refractivity contribution in [1.29, 1.82) is 0 Å². The van der Waals surface area contributed by atoms with Gasteiger partial charge in [0.05, 0.1) is 0 Å². The lowest BCUT2D eigenvalue weighted by Crippen LogP contribution is -2.16. The minimum atomic E-state index is 0.841. The predicted molar refractivity (Wildman–Crippen MR) is 54.7 cm³/mol. The number of nitrogens with zero attached hydrogens (tertiary/aromatic N) is 1. The van der Waals surface area contributed by atoms with Crippen LogP contribution in [0.2, 0.25) is 0 Å². The zero-order chi connectivity index (χ0) is 8.81. The monoisotopic (exact) mass is 181 g/mol. The first kappa shape index (κ1) is 9.14. The molecule has 1 rings (SSSR count). The largest absolute Gasteiger partial charge is 0.371 e. The van der Waals surface area contributed by atoms with E-state index in [-0.39, 0.29) is 0 Å². The summed E-state index contributed by atoms with van der Waals surface area (Å²) in [7, 11) is 2.03. The van der Waals surface area contributed by atoms with Gasteiger partial charge in [-0.15, -0.1) is 0 Å². The molecule has 0 bridgehead atoms. The Labute approximate surface area is 78.3 Å². The second-order valence-corrected chi connectivity index (χ2v) is 2.83. The molecule has 0 amide bonds. The second kappa shape index (κ2) is 4.83. The molecule has 0 heterocycles. The molecule has 0 aromatic heterocycles. The van der Waals surface area contributed by atoms with Crippen LogP contribution >= 0.6 is 11.6 Å². The van der Waals surface area contributed by atoms with Crippen molar-refractivity contribution < 1.29 is 0 Å². The van der Waals surface area contributed by atoms with Gasteiger partial charge in [0.1, 0.15) is 0 Å². The number of para-hydroxylation sites is 1. The minimum Gasteiger partial charge on any atom is -0.371 e. The fourth-order valence-corrected chi connectivity index (χ4v) is 1.07. The van der Waals surface area contributed by atoms with Gasteiger partial charge >= 0.3 is 0 Å². The molecule has 0 N–H and O–H groups in total. The van der Waals surface area contributed by atoms with Gasteiger partial charge in [-0.05, 0) is 12.1 Å². The van der Waals surface area contributed by atoms with Gasteiger partial charge in [0.2, 0.25) is 0 Å². The lowest BCUT2D eigenvalue weighted by atomic mass is 10.3. The van der Waals surface area contributed by atoms with Gasteiger partial charge in [0.15, 0.2) is 0 Å². The van der Waals surface area contributed by atoms with Crippen LogP contribution in [0.3, 0.4) is 0 Å². The van der Waals surface area contributed by atoms with Crippen LogP contribution in [0.25, 0.3) is 0 Å². The first-order chi connectivity index (χ1) is 5.84. The number of halogens is 1. The number of rotatable bonds is 3. The van der Waals surface area contributed by atoms with E-state index >= 15 is 0 Å². The van der Waals surface area contributed by atoms with Crippen molar-refractivity contribution in [1.82, 2.24) is 0 Å². The van der Waals surface area contributed by atoms with Crippen molar-refractivity contribution in [3.05, 3.63) is 41.9 Å². The molecule has 1 aromatic carbocycles. The van der Waals surface area contributed by atoms with Gasteiger partial charge in [-0.3, -0.25) is 0 Å². The molecule has 0 saturated heterocycles. The van der Waals surface area contributed by atoms with E-state index in [0.29, 0.717) is 0 Å². The number of likely N-dealkylation sites (N-methyl/N-ethyl adjacent to an activating group) is 1. The highest BCUT2D eigenvalue weighted by molar-refractivity contribution is 6.25. The maximum absolute atomic E-state index is 5.43. The van der Waals surface area contributed by atoms with Crippen LogP contribution < -0.4 is 4.90 Å². The van der Waals surface area contributed by atoms with E-state index in [4.69, 9.17) is 11.6 Å². The maximum atomic E-state index is 5.43. The quantitative estimate of drug-likeness (QED) is 0.693. The molecule has 1 aromatic rings. The lowest BCUT2D eigenvalue weighted by Gasteiger charge is -2.16. The van der Waals surface area contributed by atoms with E-state index < -0.39 is 0 Å². The van der Waals surface area contributed by atoms with E-state index in [1.165, 1.54) is 5.69 Å². The molecule has 12 heavy (non-hydrogen) atoms. The van der Waals surface area contributed by atoms with Crippen LogP contribution in [0.1, 0.15) is 0 Å². The van der Waals surface area contributed by atoms with Crippen LogP contribution in [0.4, 0.5) is 5.69 Å². The molecule has 0 aliphatic carbocycles. The summed E-state index contributed by atoms with van der Waals surface area (Å²) in [4.78, 5) is 2.12. The van der Waals surface area contributed by atoms with Crippen LogP contribution in [-0.4, -0.2) is 13.6 Å². The molecule has 0 saturated carbocycles. The van der Waals surface area contributed by atoms with Crippen molar-refractivity contribution in [2.45, 2.75) is 0 Å². The van der Waals surface area contributed by atoms with Crippen LogP contribution in [-0.2, 0) is 0 Å². The molecule has 2 heteroatoms.